The van der Waals surface area contributed by atoms with Crippen LogP contribution in [-0.2, 0) is 6.42 Å². The van der Waals surface area contributed by atoms with Crippen LogP contribution in [0.2, 0.25) is 10.0 Å². The molecule has 0 heterocycles. The molecule has 0 fully saturated rings. The summed E-state index contributed by atoms with van der Waals surface area (Å²) in [6.45, 7) is 0. The van der Waals surface area contributed by atoms with Crippen molar-refractivity contribution in [3.63, 3.8) is 0 Å². The van der Waals surface area contributed by atoms with Crippen LogP contribution in [0.3, 0.4) is 0 Å². The summed E-state index contributed by atoms with van der Waals surface area (Å²) in [4.78, 5) is 0. The number of ether oxygens (including phenoxy) is 1. The fourth-order valence-electron chi connectivity index (χ4n) is 2.07. The van der Waals surface area contributed by atoms with E-state index in [0.717, 1.165) is 11.1 Å². The van der Waals surface area contributed by atoms with Crippen molar-refractivity contribution in [2.75, 3.05) is 7.11 Å². The van der Waals surface area contributed by atoms with Crippen LogP contribution in [0.25, 0.3) is 0 Å². The van der Waals surface area contributed by atoms with Gasteiger partial charge in [0.25, 0.3) is 0 Å². The minimum absolute atomic E-state index is 0.201. The van der Waals surface area contributed by atoms with Gasteiger partial charge in [-0.3, -0.25) is 11.3 Å². The fraction of sp³-hybridized carbons (Fsp3) is 0.200. The third-order valence-electron chi connectivity index (χ3n) is 3.20. The van der Waals surface area contributed by atoms with Crippen LogP contribution in [0.5, 0.6) is 5.75 Å². The molecule has 0 aliphatic carbocycles. The number of hydrogen-bond acceptors (Lipinski definition) is 3. The average Bonchev–Trinajstić information content (AvgIpc) is 2.48. The maximum atomic E-state index is 13.7. The summed E-state index contributed by atoms with van der Waals surface area (Å²) in [7, 11) is 1.43. The molecule has 1 atom stereocenters. The van der Waals surface area contributed by atoms with E-state index in [1.165, 1.54) is 13.2 Å². The number of benzene rings is 2. The molecule has 0 radical (unpaired) electrons. The molecular weight excluding hydrogens is 314 g/mol. The maximum Gasteiger partial charge on any atom is 0.165 e. The first-order valence-electron chi connectivity index (χ1n) is 6.28. The predicted molar refractivity (Wildman–Crippen MR) is 83.2 cm³/mol. The topological polar surface area (TPSA) is 47.3 Å². The van der Waals surface area contributed by atoms with Crippen molar-refractivity contribution in [2.45, 2.75) is 12.5 Å². The van der Waals surface area contributed by atoms with E-state index < -0.39 is 5.82 Å². The van der Waals surface area contributed by atoms with Crippen LogP contribution in [0.15, 0.2) is 36.4 Å². The zero-order valence-electron chi connectivity index (χ0n) is 11.4. The Bertz CT molecular complexity index is 637. The van der Waals surface area contributed by atoms with Crippen LogP contribution >= 0.6 is 23.2 Å². The molecule has 0 amide bonds. The fourth-order valence-corrected chi connectivity index (χ4v) is 2.38. The van der Waals surface area contributed by atoms with Gasteiger partial charge >= 0.3 is 0 Å². The molecule has 3 nitrogen and oxygen atoms in total. The molecule has 2 aromatic carbocycles. The Morgan fingerprint density at radius 1 is 1.19 bits per heavy atom. The summed E-state index contributed by atoms with van der Waals surface area (Å²) in [6.07, 6.45) is 0.509. The molecule has 3 N–H and O–H groups in total. The second kappa shape index (κ2) is 7.09. The summed E-state index contributed by atoms with van der Waals surface area (Å²) < 4.78 is 18.6. The molecule has 0 bridgehead atoms. The van der Waals surface area contributed by atoms with Crippen LogP contribution in [-0.4, -0.2) is 7.11 Å². The summed E-state index contributed by atoms with van der Waals surface area (Å²) in [5.74, 6) is 5.40. The number of halogens is 3. The van der Waals surface area contributed by atoms with Crippen molar-refractivity contribution in [3.05, 3.63) is 63.4 Å². The highest BCUT2D eigenvalue weighted by molar-refractivity contribution is 6.42. The molecule has 0 aliphatic rings. The Morgan fingerprint density at radius 3 is 2.52 bits per heavy atom. The number of nitrogens with one attached hydrogen (secondary N) is 1. The van der Waals surface area contributed by atoms with E-state index >= 15 is 0 Å². The van der Waals surface area contributed by atoms with E-state index in [-0.39, 0.29) is 11.8 Å². The Kier molecular flexibility index (Phi) is 5.42. The van der Waals surface area contributed by atoms with Crippen molar-refractivity contribution in [3.8, 4) is 5.75 Å². The number of rotatable bonds is 5. The van der Waals surface area contributed by atoms with Gasteiger partial charge in [-0.2, -0.15) is 0 Å². The Labute approximate surface area is 132 Å². The molecule has 6 heteroatoms. The summed E-state index contributed by atoms with van der Waals surface area (Å²) in [5, 5.41) is 0.932. The van der Waals surface area contributed by atoms with E-state index in [2.05, 4.69) is 5.43 Å². The lowest BCUT2D eigenvalue weighted by Gasteiger charge is -2.17. The van der Waals surface area contributed by atoms with Gasteiger partial charge in [0.05, 0.1) is 23.2 Å². The van der Waals surface area contributed by atoms with Crippen LogP contribution < -0.4 is 16.0 Å². The molecule has 0 aromatic heterocycles. The van der Waals surface area contributed by atoms with Crippen molar-refractivity contribution in [2.24, 2.45) is 5.84 Å². The van der Waals surface area contributed by atoms with Crippen LogP contribution in [0.1, 0.15) is 17.2 Å². The molecule has 0 spiro atoms. The number of hydrazine groups is 1. The van der Waals surface area contributed by atoms with Crippen molar-refractivity contribution >= 4 is 23.2 Å². The van der Waals surface area contributed by atoms with E-state index in [1.54, 1.807) is 24.3 Å². The zero-order valence-corrected chi connectivity index (χ0v) is 12.9. The summed E-state index contributed by atoms with van der Waals surface area (Å²) >= 11 is 11.9. The lowest BCUT2D eigenvalue weighted by Crippen LogP contribution is -2.29. The van der Waals surface area contributed by atoms with Gasteiger partial charge in [-0.1, -0.05) is 35.3 Å². The zero-order chi connectivity index (χ0) is 15.4. The third kappa shape index (κ3) is 3.86. The lowest BCUT2D eigenvalue weighted by molar-refractivity contribution is 0.386. The highest BCUT2D eigenvalue weighted by atomic mass is 35.5. The molecule has 0 saturated carbocycles. The molecular formula is C15H15Cl2FN2O. The van der Waals surface area contributed by atoms with Gasteiger partial charge in [-0.25, -0.2) is 4.39 Å². The monoisotopic (exact) mass is 328 g/mol. The first-order chi connectivity index (χ1) is 10.0. The Hall–Kier alpha value is -1.33. The van der Waals surface area contributed by atoms with Gasteiger partial charge in [-0.05, 0) is 41.8 Å². The van der Waals surface area contributed by atoms with E-state index in [4.69, 9.17) is 33.8 Å². The normalized spacial score (nSPS) is 12.2. The average molecular weight is 329 g/mol. The highest BCUT2D eigenvalue weighted by Gasteiger charge is 2.13. The molecule has 2 aromatic rings. The second-order valence-electron chi connectivity index (χ2n) is 4.57. The SMILES string of the molecule is COc1ccc(CC(NN)c2ccc(Cl)c(Cl)c2)cc1F. The second-order valence-corrected chi connectivity index (χ2v) is 5.38. The summed E-state index contributed by atoms with van der Waals surface area (Å²) in [5.41, 5.74) is 4.38. The molecule has 112 valence electrons. The van der Waals surface area contributed by atoms with Gasteiger partial charge in [0, 0.05) is 0 Å². The van der Waals surface area contributed by atoms with Crippen LogP contribution in [0, 0.1) is 5.82 Å². The van der Waals surface area contributed by atoms with Gasteiger partial charge < -0.3 is 4.74 Å². The highest BCUT2D eigenvalue weighted by Crippen LogP contribution is 2.27. The smallest absolute Gasteiger partial charge is 0.165 e. The van der Waals surface area contributed by atoms with Crippen molar-refractivity contribution < 1.29 is 9.13 Å². The summed E-state index contributed by atoms with van der Waals surface area (Å²) in [6, 6.07) is 9.90. The first-order valence-corrected chi connectivity index (χ1v) is 7.04. The van der Waals surface area contributed by atoms with Gasteiger partial charge in [-0.15, -0.1) is 0 Å². The number of hydrogen-bond donors (Lipinski definition) is 2. The molecule has 0 saturated heterocycles. The third-order valence-corrected chi connectivity index (χ3v) is 3.94. The quantitative estimate of drug-likeness (QED) is 0.646. The molecule has 2 rings (SSSR count). The molecule has 0 aliphatic heterocycles. The van der Waals surface area contributed by atoms with E-state index in [9.17, 15) is 4.39 Å². The van der Waals surface area contributed by atoms with Crippen molar-refractivity contribution in [1.82, 2.24) is 5.43 Å². The number of nitrogens with two attached hydrogens (primary N) is 1. The van der Waals surface area contributed by atoms with E-state index in [1.807, 2.05) is 6.07 Å². The van der Waals surface area contributed by atoms with Gasteiger partial charge in [0.1, 0.15) is 0 Å². The van der Waals surface area contributed by atoms with Gasteiger partial charge in [0.15, 0.2) is 11.6 Å². The van der Waals surface area contributed by atoms with E-state index in [0.29, 0.717) is 16.5 Å². The lowest BCUT2D eigenvalue weighted by atomic mass is 9.99. The standard InChI is InChI=1S/C15H15Cl2FN2O/c1-21-15-5-2-9(6-13(15)18)7-14(20-19)10-3-4-11(16)12(17)8-10/h2-6,8,14,20H,7,19H2,1H3. The molecule has 1 unspecified atom stereocenters. The maximum absolute atomic E-state index is 13.7. The predicted octanol–water partition coefficient (Wildman–Crippen LogP) is 3.89. The largest absolute Gasteiger partial charge is 0.494 e. The van der Waals surface area contributed by atoms with Gasteiger partial charge in [0.2, 0.25) is 0 Å². The Morgan fingerprint density at radius 2 is 1.95 bits per heavy atom. The van der Waals surface area contributed by atoms with Crippen molar-refractivity contribution in [1.29, 1.82) is 0 Å². The molecule has 21 heavy (non-hydrogen) atoms. The first kappa shape index (κ1) is 16.0. The Balaban J connectivity index is 2.22. The minimum Gasteiger partial charge on any atom is -0.494 e. The minimum atomic E-state index is -0.403. The van der Waals surface area contributed by atoms with Crippen LogP contribution in [0.4, 0.5) is 4.39 Å². The number of methoxy groups -OCH3 is 1.